The molecule has 136 valence electrons. The molecule has 0 bridgehead atoms. The fraction of sp³-hybridized carbons (Fsp3) is 0.579. The zero-order chi connectivity index (χ0) is 17.6. The first-order valence-corrected chi connectivity index (χ1v) is 9.17. The van der Waals surface area contributed by atoms with E-state index in [-0.39, 0.29) is 24.1 Å². The van der Waals surface area contributed by atoms with Crippen LogP contribution in [0.3, 0.4) is 0 Å². The molecule has 2 atom stereocenters. The molecule has 1 aromatic carbocycles. The molecule has 0 saturated carbocycles. The Balaban J connectivity index is 1.68. The molecule has 3 rings (SSSR count). The average Bonchev–Trinajstić information content (AvgIpc) is 3.06. The maximum Gasteiger partial charge on any atom is 0.318 e. The first kappa shape index (κ1) is 17.7. The van der Waals surface area contributed by atoms with Gasteiger partial charge in [-0.1, -0.05) is 37.3 Å². The minimum absolute atomic E-state index is 0.0813. The molecule has 0 radical (unpaired) electrons. The van der Waals surface area contributed by atoms with Gasteiger partial charge in [-0.15, -0.1) is 0 Å². The largest absolute Gasteiger partial charge is 0.375 e. The first-order valence-electron chi connectivity index (χ1n) is 9.17. The highest BCUT2D eigenvalue weighted by atomic mass is 16.5. The van der Waals surface area contributed by atoms with Gasteiger partial charge in [0.25, 0.3) is 0 Å². The monoisotopic (exact) mass is 345 g/mol. The predicted molar refractivity (Wildman–Crippen MR) is 95.1 cm³/mol. The van der Waals surface area contributed by atoms with Gasteiger partial charge in [-0.2, -0.15) is 0 Å². The third-order valence-electron chi connectivity index (χ3n) is 4.96. The fourth-order valence-electron chi connectivity index (χ4n) is 3.43. The van der Waals surface area contributed by atoms with Crippen molar-refractivity contribution in [3.63, 3.8) is 0 Å². The van der Waals surface area contributed by atoms with Crippen LogP contribution in [0.2, 0.25) is 0 Å². The topological polar surface area (TPSA) is 61.9 Å². The van der Waals surface area contributed by atoms with Gasteiger partial charge in [0.05, 0.1) is 18.8 Å². The molecule has 6 nitrogen and oxygen atoms in total. The van der Waals surface area contributed by atoms with Crippen LogP contribution < -0.4 is 5.32 Å². The zero-order valence-corrected chi connectivity index (χ0v) is 14.8. The molecule has 1 aromatic rings. The number of carbonyl (C=O) groups excluding carboxylic acids is 2. The number of carbonyl (C=O) groups is 2. The van der Waals surface area contributed by atoms with Gasteiger partial charge in [0, 0.05) is 32.6 Å². The van der Waals surface area contributed by atoms with Crippen molar-refractivity contribution in [3.8, 4) is 0 Å². The average molecular weight is 345 g/mol. The van der Waals surface area contributed by atoms with E-state index in [1.165, 1.54) is 0 Å². The second-order valence-electron chi connectivity index (χ2n) is 6.70. The molecule has 0 aromatic heterocycles. The Morgan fingerprint density at radius 1 is 1.32 bits per heavy atom. The Kier molecular flexibility index (Phi) is 5.91. The first-order chi connectivity index (χ1) is 12.2. The van der Waals surface area contributed by atoms with Gasteiger partial charge < -0.3 is 19.9 Å². The summed E-state index contributed by atoms with van der Waals surface area (Å²) in [6, 6.07) is 9.60. The van der Waals surface area contributed by atoms with Crippen molar-refractivity contribution in [2.24, 2.45) is 0 Å². The molecule has 2 aliphatic heterocycles. The van der Waals surface area contributed by atoms with E-state index in [0.717, 1.165) is 24.9 Å². The SMILES string of the molecule is CC[C@@H]1CN(C(=O)N[C@H](CN2CCCC2=O)c2ccccc2)CCO1. The van der Waals surface area contributed by atoms with Crippen molar-refractivity contribution >= 4 is 11.9 Å². The molecule has 2 fully saturated rings. The van der Waals surface area contributed by atoms with Crippen LogP contribution in [0, 0.1) is 0 Å². The molecular weight excluding hydrogens is 318 g/mol. The summed E-state index contributed by atoms with van der Waals surface area (Å²) in [5.41, 5.74) is 1.02. The summed E-state index contributed by atoms with van der Waals surface area (Å²) in [5, 5.41) is 3.13. The minimum atomic E-state index is -0.196. The van der Waals surface area contributed by atoms with E-state index in [0.29, 0.717) is 32.7 Å². The standard InChI is InChI=1S/C19H27N3O3/c1-2-16-13-22(11-12-25-16)19(24)20-17(15-7-4-3-5-8-15)14-21-10-6-9-18(21)23/h3-5,7-8,16-17H,2,6,9-14H2,1H3,(H,20,24)/t16-,17-/m1/s1. The molecule has 2 heterocycles. The van der Waals surface area contributed by atoms with Crippen LogP contribution >= 0.6 is 0 Å². The van der Waals surface area contributed by atoms with Crippen molar-refractivity contribution in [1.82, 2.24) is 15.1 Å². The molecule has 3 amide bonds. The lowest BCUT2D eigenvalue weighted by Gasteiger charge is -2.34. The van der Waals surface area contributed by atoms with Crippen molar-refractivity contribution in [2.75, 3.05) is 32.8 Å². The van der Waals surface area contributed by atoms with E-state index < -0.39 is 0 Å². The van der Waals surface area contributed by atoms with Gasteiger partial charge in [0.2, 0.25) is 5.91 Å². The molecule has 0 spiro atoms. The van der Waals surface area contributed by atoms with Gasteiger partial charge >= 0.3 is 6.03 Å². The number of nitrogens with one attached hydrogen (secondary N) is 1. The predicted octanol–water partition coefficient (Wildman–Crippen LogP) is 2.17. The number of ether oxygens (including phenoxy) is 1. The van der Waals surface area contributed by atoms with Crippen molar-refractivity contribution < 1.29 is 14.3 Å². The Bertz CT molecular complexity index is 593. The summed E-state index contributed by atoms with van der Waals surface area (Å²) < 4.78 is 5.64. The molecule has 25 heavy (non-hydrogen) atoms. The summed E-state index contributed by atoms with van der Waals surface area (Å²) >= 11 is 0. The summed E-state index contributed by atoms with van der Waals surface area (Å²) in [7, 11) is 0. The lowest BCUT2D eigenvalue weighted by molar-refractivity contribution is -0.128. The highest BCUT2D eigenvalue weighted by molar-refractivity contribution is 5.78. The number of urea groups is 1. The zero-order valence-electron chi connectivity index (χ0n) is 14.8. The van der Waals surface area contributed by atoms with Gasteiger partial charge in [-0.05, 0) is 18.4 Å². The second-order valence-corrected chi connectivity index (χ2v) is 6.70. The fourth-order valence-corrected chi connectivity index (χ4v) is 3.43. The van der Waals surface area contributed by atoms with Crippen LogP contribution in [0.25, 0.3) is 0 Å². The normalized spacial score (nSPS) is 22.1. The molecule has 0 unspecified atom stereocenters. The maximum absolute atomic E-state index is 12.8. The number of benzene rings is 1. The Morgan fingerprint density at radius 3 is 2.80 bits per heavy atom. The number of hydrogen-bond donors (Lipinski definition) is 1. The third-order valence-corrected chi connectivity index (χ3v) is 4.96. The summed E-state index contributed by atoms with van der Waals surface area (Å²) in [4.78, 5) is 28.4. The van der Waals surface area contributed by atoms with Gasteiger partial charge in [-0.3, -0.25) is 4.79 Å². The van der Waals surface area contributed by atoms with Crippen LogP contribution in [-0.4, -0.2) is 60.6 Å². The van der Waals surface area contributed by atoms with Crippen molar-refractivity contribution in [1.29, 1.82) is 0 Å². The van der Waals surface area contributed by atoms with E-state index in [1.807, 2.05) is 40.1 Å². The second kappa shape index (κ2) is 8.34. The van der Waals surface area contributed by atoms with E-state index in [9.17, 15) is 9.59 Å². The van der Waals surface area contributed by atoms with E-state index in [1.54, 1.807) is 0 Å². The maximum atomic E-state index is 12.8. The summed E-state index contributed by atoms with van der Waals surface area (Å²) in [6.45, 7) is 5.16. The number of rotatable bonds is 5. The van der Waals surface area contributed by atoms with E-state index in [4.69, 9.17) is 4.74 Å². The number of likely N-dealkylation sites (tertiary alicyclic amines) is 1. The third kappa shape index (κ3) is 4.51. The smallest absolute Gasteiger partial charge is 0.318 e. The van der Waals surface area contributed by atoms with Crippen LogP contribution in [-0.2, 0) is 9.53 Å². The molecule has 0 aliphatic carbocycles. The Hall–Kier alpha value is -2.08. The molecule has 2 aliphatic rings. The van der Waals surface area contributed by atoms with Crippen molar-refractivity contribution in [2.45, 2.75) is 38.3 Å². The Labute approximate surface area is 149 Å². The highest BCUT2D eigenvalue weighted by Gasteiger charge is 2.28. The van der Waals surface area contributed by atoms with Crippen LogP contribution in [0.15, 0.2) is 30.3 Å². The van der Waals surface area contributed by atoms with Crippen LogP contribution in [0.1, 0.15) is 37.8 Å². The summed E-state index contributed by atoms with van der Waals surface area (Å²) in [5.74, 6) is 0.174. The van der Waals surface area contributed by atoms with Gasteiger partial charge in [0.15, 0.2) is 0 Å². The van der Waals surface area contributed by atoms with Gasteiger partial charge in [0.1, 0.15) is 0 Å². The molecule has 6 heteroatoms. The molecule has 2 saturated heterocycles. The highest BCUT2D eigenvalue weighted by Crippen LogP contribution is 2.19. The number of amides is 3. The van der Waals surface area contributed by atoms with E-state index >= 15 is 0 Å². The lowest BCUT2D eigenvalue weighted by Crippen LogP contribution is -2.51. The minimum Gasteiger partial charge on any atom is -0.375 e. The van der Waals surface area contributed by atoms with Crippen molar-refractivity contribution in [3.05, 3.63) is 35.9 Å². The molecule has 1 N–H and O–H groups in total. The van der Waals surface area contributed by atoms with Gasteiger partial charge in [-0.25, -0.2) is 4.79 Å². The quantitative estimate of drug-likeness (QED) is 0.890. The summed E-state index contributed by atoms with van der Waals surface area (Å²) in [6.07, 6.45) is 2.51. The number of morpholine rings is 1. The number of hydrogen-bond acceptors (Lipinski definition) is 3. The lowest BCUT2D eigenvalue weighted by atomic mass is 10.1. The Morgan fingerprint density at radius 2 is 2.12 bits per heavy atom. The molecular formula is C19H27N3O3. The number of nitrogens with zero attached hydrogens (tertiary/aromatic N) is 2. The van der Waals surface area contributed by atoms with E-state index in [2.05, 4.69) is 12.2 Å². The van der Waals surface area contributed by atoms with Crippen LogP contribution in [0.4, 0.5) is 4.79 Å². The van der Waals surface area contributed by atoms with Crippen LogP contribution in [0.5, 0.6) is 0 Å².